The summed E-state index contributed by atoms with van der Waals surface area (Å²) in [6.45, 7) is 5.33. The number of halogens is 2. The largest absolute Gasteiger partial charge is 0.338 e. The van der Waals surface area contributed by atoms with Gasteiger partial charge in [0.1, 0.15) is 5.82 Å². The number of carbonyl (C=O) groups excluding carboxylic acids is 1. The van der Waals surface area contributed by atoms with Gasteiger partial charge < -0.3 is 9.80 Å². The molecular weight excluding hydrogens is 441 g/mol. The van der Waals surface area contributed by atoms with E-state index in [1.807, 2.05) is 11.1 Å². The zero-order valence-corrected chi connectivity index (χ0v) is 19.5. The summed E-state index contributed by atoms with van der Waals surface area (Å²) in [5, 5.41) is 0.290. The van der Waals surface area contributed by atoms with Gasteiger partial charge in [-0.25, -0.2) is 14.4 Å². The summed E-state index contributed by atoms with van der Waals surface area (Å²) in [5.74, 6) is 0.339. The molecule has 174 valence electrons. The standard InChI is InChI=1S/C25H29ClFN5O/c26-22-16-20(27)6-4-18(22)5-7-24(33)31-10-8-19-17-28-25(29-23(19)9-11-31)32-14-12-30(13-15-32)21-2-1-3-21/h4-7,16-17,21H,1-3,8-15H2/b7-5+. The summed E-state index contributed by atoms with van der Waals surface area (Å²) < 4.78 is 13.2. The van der Waals surface area contributed by atoms with E-state index in [2.05, 4.69) is 14.8 Å². The first kappa shape index (κ1) is 22.3. The fourth-order valence-corrected chi connectivity index (χ4v) is 5.01. The molecule has 0 atom stereocenters. The molecule has 1 aromatic heterocycles. The van der Waals surface area contributed by atoms with E-state index in [0.717, 1.165) is 55.8 Å². The second-order valence-corrected chi connectivity index (χ2v) is 9.48. The van der Waals surface area contributed by atoms with Crippen molar-refractivity contribution in [2.24, 2.45) is 0 Å². The molecule has 2 fully saturated rings. The minimum Gasteiger partial charge on any atom is -0.338 e. The van der Waals surface area contributed by atoms with Crippen molar-refractivity contribution in [3.05, 3.63) is 58.1 Å². The van der Waals surface area contributed by atoms with Crippen molar-refractivity contribution in [3.8, 4) is 0 Å². The molecule has 1 amide bonds. The molecule has 1 saturated carbocycles. The zero-order valence-electron chi connectivity index (χ0n) is 18.7. The van der Waals surface area contributed by atoms with Crippen LogP contribution >= 0.6 is 11.6 Å². The number of carbonyl (C=O) groups is 1. The Hall–Kier alpha value is -2.51. The Bertz CT molecular complexity index is 1050. The van der Waals surface area contributed by atoms with Crippen LogP contribution in [-0.4, -0.2) is 71.0 Å². The molecule has 8 heteroatoms. The van der Waals surface area contributed by atoms with E-state index in [-0.39, 0.29) is 5.91 Å². The lowest BCUT2D eigenvalue weighted by atomic mass is 9.91. The molecule has 3 heterocycles. The van der Waals surface area contributed by atoms with E-state index in [4.69, 9.17) is 16.6 Å². The number of hydrogen-bond acceptors (Lipinski definition) is 5. The van der Waals surface area contributed by atoms with Crippen LogP contribution in [0.2, 0.25) is 5.02 Å². The van der Waals surface area contributed by atoms with Crippen LogP contribution < -0.4 is 4.90 Å². The molecule has 0 spiro atoms. The van der Waals surface area contributed by atoms with Crippen molar-refractivity contribution in [1.29, 1.82) is 0 Å². The van der Waals surface area contributed by atoms with Gasteiger partial charge in [0.15, 0.2) is 0 Å². The summed E-state index contributed by atoms with van der Waals surface area (Å²) in [4.78, 5) is 29.0. The van der Waals surface area contributed by atoms with Gasteiger partial charge in [0.25, 0.3) is 0 Å². The number of hydrogen-bond donors (Lipinski definition) is 0. The Balaban J connectivity index is 1.20. The van der Waals surface area contributed by atoms with Gasteiger partial charge in [-0.3, -0.25) is 9.69 Å². The van der Waals surface area contributed by atoms with E-state index in [1.54, 1.807) is 12.1 Å². The van der Waals surface area contributed by atoms with E-state index in [9.17, 15) is 9.18 Å². The van der Waals surface area contributed by atoms with Gasteiger partial charge in [0.2, 0.25) is 11.9 Å². The van der Waals surface area contributed by atoms with Gasteiger partial charge in [-0.2, -0.15) is 0 Å². The predicted octanol–water partition coefficient (Wildman–Crippen LogP) is 3.58. The maximum absolute atomic E-state index is 13.2. The fourth-order valence-electron chi connectivity index (χ4n) is 4.78. The quantitative estimate of drug-likeness (QED) is 0.640. The summed E-state index contributed by atoms with van der Waals surface area (Å²) in [6.07, 6.45) is 10.6. The Morgan fingerprint density at radius 3 is 2.61 bits per heavy atom. The second-order valence-electron chi connectivity index (χ2n) is 9.07. The number of fused-ring (bicyclic) bond motifs is 1. The summed E-state index contributed by atoms with van der Waals surface area (Å²) >= 11 is 6.06. The molecule has 6 nitrogen and oxygen atoms in total. The third-order valence-electron chi connectivity index (χ3n) is 7.08. The molecular formula is C25H29ClFN5O. The monoisotopic (exact) mass is 469 g/mol. The van der Waals surface area contributed by atoms with E-state index < -0.39 is 5.82 Å². The van der Waals surface area contributed by atoms with Gasteiger partial charge >= 0.3 is 0 Å². The lowest BCUT2D eigenvalue weighted by Gasteiger charge is -2.43. The average Bonchev–Trinajstić information content (AvgIpc) is 3.00. The molecule has 5 rings (SSSR count). The van der Waals surface area contributed by atoms with Gasteiger partial charge in [-0.1, -0.05) is 24.1 Å². The zero-order chi connectivity index (χ0) is 22.8. The first-order valence-electron chi connectivity index (χ1n) is 11.8. The summed E-state index contributed by atoms with van der Waals surface area (Å²) in [6, 6.07) is 4.94. The highest BCUT2D eigenvalue weighted by Crippen LogP contribution is 2.26. The fraction of sp³-hybridized carbons (Fsp3) is 0.480. The first-order chi connectivity index (χ1) is 16.1. The van der Waals surface area contributed by atoms with Crippen LogP contribution in [0.3, 0.4) is 0 Å². The molecule has 2 aliphatic heterocycles. The van der Waals surface area contributed by atoms with Crippen LogP contribution in [0.4, 0.5) is 10.3 Å². The maximum Gasteiger partial charge on any atom is 0.246 e. The number of anilines is 1. The minimum absolute atomic E-state index is 0.0801. The smallest absolute Gasteiger partial charge is 0.246 e. The Labute approximate surface area is 199 Å². The van der Waals surface area contributed by atoms with Crippen LogP contribution in [0, 0.1) is 5.82 Å². The molecule has 0 bridgehead atoms. The summed E-state index contributed by atoms with van der Waals surface area (Å²) in [7, 11) is 0. The van der Waals surface area contributed by atoms with Gasteiger partial charge in [0.05, 0.1) is 10.7 Å². The number of aromatic nitrogens is 2. The molecule has 2 aromatic rings. The van der Waals surface area contributed by atoms with Crippen LogP contribution in [-0.2, 0) is 17.6 Å². The third-order valence-corrected chi connectivity index (χ3v) is 7.41. The van der Waals surface area contributed by atoms with Gasteiger partial charge in [0, 0.05) is 64.0 Å². The van der Waals surface area contributed by atoms with Crippen molar-refractivity contribution in [2.45, 2.75) is 38.1 Å². The van der Waals surface area contributed by atoms with E-state index in [0.29, 0.717) is 30.1 Å². The third kappa shape index (κ3) is 5.04. The van der Waals surface area contributed by atoms with Crippen molar-refractivity contribution >= 4 is 29.5 Å². The van der Waals surface area contributed by atoms with Crippen LogP contribution in [0.25, 0.3) is 6.08 Å². The SMILES string of the molecule is O=C(/C=C/c1ccc(F)cc1Cl)N1CCc2cnc(N3CCN(C4CCC4)CC3)nc2CC1. The number of amides is 1. The number of rotatable bonds is 4. The highest BCUT2D eigenvalue weighted by atomic mass is 35.5. The lowest BCUT2D eigenvalue weighted by molar-refractivity contribution is -0.125. The van der Waals surface area contributed by atoms with Gasteiger partial charge in [-0.15, -0.1) is 0 Å². The Kier molecular flexibility index (Phi) is 6.60. The minimum atomic E-state index is -0.394. The molecule has 1 aliphatic carbocycles. The topological polar surface area (TPSA) is 52.6 Å². The lowest BCUT2D eigenvalue weighted by Crippen LogP contribution is -2.52. The molecule has 1 aromatic carbocycles. The molecule has 1 saturated heterocycles. The second kappa shape index (κ2) is 9.77. The highest BCUT2D eigenvalue weighted by molar-refractivity contribution is 6.32. The Morgan fingerprint density at radius 1 is 1.09 bits per heavy atom. The molecule has 3 aliphatic rings. The van der Waals surface area contributed by atoms with Gasteiger partial charge in [-0.05, 0) is 48.6 Å². The Morgan fingerprint density at radius 2 is 1.88 bits per heavy atom. The van der Waals surface area contributed by atoms with Crippen molar-refractivity contribution in [1.82, 2.24) is 19.8 Å². The molecule has 0 N–H and O–H groups in total. The average molecular weight is 470 g/mol. The summed E-state index contributed by atoms with van der Waals surface area (Å²) in [5.41, 5.74) is 2.78. The molecule has 0 unspecified atom stereocenters. The van der Waals surface area contributed by atoms with E-state index >= 15 is 0 Å². The predicted molar refractivity (Wildman–Crippen MR) is 128 cm³/mol. The van der Waals surface area contributed by atoms with Crippen molar-refractivity contribution in [2.75, 3.05) is 44.2 Å². The number of piperazine rings is 1. The van der Waals surface area contributed by atoms with Crippen molar-refractivity contribution in [3.63, 3.8) is 0 Å². The van der Waals surface area contributed by atoms with Crippen LogP contribution in [0.15, 0.2) is 30.5 Å². The van der Waals surface area contributed by atoms with Crippen LogP contribution in [0.5, 0.6) is 0 Å². The molecule has 33 heavy (non-hydrogen) atoms. The highest BCUT2D eigenvalue weighted by Gasteiger charge is 2.29. The number of benzene rings is 1. The number of nitrogens with zero attached hydrogens (tertiary/aromatic N) is 5. The first-order valence-corrected chi connectivity index (χ1v) is 12.2. The molecule has 0 radical (unpaired) electrons. The van der Waals surface area contributed by atoms with Crippen LogP contribution in [0.1, 0.15) is 36.1 Å². The normalized spacial score (nSPS) is 19.9. The van der Waals surface area contributed by atoms with Crippen molar-refractivity contribution < 1.29 is 9.18 Å². The van der Waals surface area contributed by atoms with E-state index in [1.165, 1.54) is 37.5 Å². The maximum atomic E-state index is 13.2.